The summed E-state index contributed by atoms with van der Waals surface area (Å²) in [4.78, 5) is 9.86. The summed E-state index contributed by atoms with van der Waals surface area (Å²) in [5.74, 6) is -0.431. The van der Waals surface area contributed by atoms with Gasteiger partial charge in [0.25, 0.3) is 0 Å². The lowest BCUT2D eigenvalue weighted by Crippen LogP contribution is -2.26. The van der Waals surface area contributed by atoms with Crippen LogP contribution in [0, 0.1) is 21.8 Å². The number of benzene rings is 1. The third kappa shape index (κ3) is 2.73. The third-order valence-corrected chi connectivity index (χ3v) is 3.21. The molecule has 0 saturated heterocycles. The first-order valence-electron chi connectivity index (χ1n) is 5.29. The highest BCUT2D eigenvalue weighted by atomic mass is 35.5. The first-order chi connectivity index (χ1) is 7.59. The van der Waals surface area contributed by atoms with E-state index in [9.17, 15) is 14.5 Å². The van der Waals surface area contributed by atoms with E-state index in [2.05, 4.69) is 0 Å². The summed E-state index contributed by atoms with van der Waals surface area (Å²) in [7, 11) is 0. The lowest BCUT2D eigenvalue weighted by molar-refractivity contribution is -0.387. The van der Waals surface area contributed by atoms with E-state index < -0.39 is 16.4 Å². The summed E-state index contributed by atoms with van der Waals surface area (Å²) in [5, 5.41) is 10.6. The van der Waals surface area contributed by atoms with Crippen molar-refractivity contribution in [1.82, 2.24) is 0 Å². The Morgan fingerprint density at radius 1 is 1.47 bits per heavy atom. The Kier molecular flexibility index (Phi) is 4.42. The largest absolute Gasteiger partial charge is 0.324 e. The Morgan fingerprint density at radius 2 is 2.12 bits per heavy atom. The van der Waals surface area contributed by atoms with Crippen molar-refractivity contribution in [2.75, 3.05) is 0 Å². The van der Waals surface area contributed by atoms with Crippen LogP contribution in [0.3, 0.4) is 0 Å². The summed E-state index contributed by atoms with van der Waals surface area (Å²) in [6, 6.07) is 3.68. The number of halogens is 2. The molecule has 2 rings (SSSR count). The zero-order valence-corrected chi connectivity index (χ0v) is 9.95. The lowest BCUT2D eigenvalue weighted by Gasteiger charge is -2.31. The molecular formula is C11H14ClFN2O2. The smallest absolute Gasteiger partial charge is 0.305 e. The van der Waals surface area contributed by atoms with Crippen LogP contribution in [-0.2, 0) is 0 Å². The Hall–Kier alpha value is -1.20. The Balaban J connectivity index is 0.00000144. The minimum atomic E-state index is -0.811. The predicted molar refractivity (Wildman–Crippen MR) is 64.6 cm³/mol. The van der Waals surface area contributed by atoms with E-state index in [1.807, 2.05) is 0 Å². The molecule has 6 heteroatoms. The zero-order chi connectivity index (χ0) is 11.7. The molecule has 1 atom stereocenters. The second kappa shape index (κ2) is 5.42. The molecule has 94 valence electrons. The normalized spacial score (nSPS) is 16.8. The second-order valence-electron chi connectivity index (χ2n) is 4.18. The van der Waals surface area contributed by atoms with Crippen molar-refractivity contribution in [1.29, 1.82) is 0 Å². The van der Waals surface area contributed by atoms with Gasteiger partial charge in [-0.1, -0.05) is 12.5 Å². The van der Waals surface area contributed by atoms with Gasteiger partial charge in [-0.25, -0.2) is 0 Å². The van der Waals surface area contributed by atoms with Crippen LogP contribution in [0.25, 0.3) is 0 Å². The van der Waals surface area contributed by atoms with Gasteiger partial charge in [0.1, 0.15) is 0 Å². The molecule has 0 unspecified atom stereocenters. The molecule has 0 heterocycles. The average Bonchev–Trinajstić information content (AvgIpc) is 2.15. The van der Waals surface area contributed by atoms with Crippen LogP contribution in [-0.4, -0.2) is 4.92 Å². The van der Waals surface area contributed by atoms with Gasteiger partial charge in [0, 0.05) is 12.1 Å². The molecule has 17 heavy (non-hydrogen) atoms. The van der Waals surface area contributed by atoms with E-state index in [4.69, 9.17) is 5.73 Å². The molecular weight excluding hydrogens is 247 g/mol. The fraction of sp³-hybridized carbons (Fsp3) is 0.455. The number of nitro groups is 1. The van der Waals surface area contributed by atoms with E-state index in [0.29, 0.717) is 11.5 Å². The average molecular weight is 261 g/mol. The Morgan fingerprint density at radius 3 is 2.59 bits per heavy atom. The molecule has 2 N–H and O–H groups in total. The molecule has 1 aliphatic carbocycles. The lowest BCUT2D eigenvalue weighted by atomic mass is 9.77. The number of hydrogen-bond donors (Lipinski definition) is 1. The monoisotopic (exact) mass is 260 g/mol. The van der Waals surface area contributed by atoms with E-state index in [1.54, 1.807) is 0 Å². The van der Waals surface area contributed by atoms with Crippen molar-refractivity contribution < 1.29 is 9.31 Å². The molecule has 0 radical (unpaired) electrons. The molecule has 1 aromatic rings. The number of rotatable bonds is 3. The fourth-order valence-electron chi connectivity index (χ4n) is 1.95. The van der Waals surface area contributed by atoms with E-state index >= 15 is 0 Å². The Bertz CT molecular complexity index is 424. The molecule has 1 saturated carbocycles. The molecule has 0 spiro atoms. The highest BCUT2D eigenvalue weighted by molar-refractivity contribution is 5.85. The second-order valence-corrected chi connectivity index (χ2v) is 4.18. The van der Waals surface area contributed by atoms with Crippen LogP contribution >= 0.6 is 12.4 Å². The Labute approximate surface area is 105 Å². The molecule has 0 aliphatic heterocycles. The summed E-state index contributed by atoms with van der Waals surface area (Å²) < 4.78 is 13.1. The van der Waals surface area contributed by atoms with Crippen molar-refractivity contribution in [3.63, 3.8) is 0 Å². The molecule has 0 bridgehead atoms. The number of nitrogens with zero attached hydrogens (tertiary/aromatic N) is 1. The fourth-order valence-corrected chi connectivity index (χ4v) is 1.95. The third-order valence-electron chi connectivity index (χ3n) is 3.21. The van der Waals surface area contributed by atoms with Crippen LogP contribution in [0.2, 0.25) is 0 Å². The molecule has 1 aliphatic rings. The summed E-state index contributed by atoms with van der Waals surface area (Å²) in [6.45, 7) is 0. The highest BCUT2D eigenvalue weighted by Gasteiger charge is 2.27. The van der Waals surface area contributed by atoms with E-state index in [1.165, 1.54) is 12.1 Å². The maximum atomic E-state index is 13.1. The minimum absolute atomic E-state index is 0. The van der Waals surface area contributed by atoms with Crippen LogP contribution < -0.4 is 5.73 Å². The van der Waals surface area contributed by atoms with Crippen LogP contribution in [0.1, 0.15) is 30.9 Å². The molecule has 1 fully saturated rings. The minimum Gasteiger partial charge on any atom is -0.324 e. The molecule has 0 amide bonds. The van der Waals surface area contributed by atoms with Gasteiger partial charge in [-0.05, 0) is 30.4 Å². The van der Waals surface area contributed by atoms with E-state index in [-0.39, 0.29) is 18.4 Å². The maximum Gasteiger partial charge on any atom is 0.305 e. The van der Waals surface area contributed by atoms with E-state index in [0.717, 1.165) is 25.3 Å². The quantitative estimate of drug-likeness (QED) is 0.671. The van der Waals surface area contributed by atoms with Gasteiger partial charge in [0.2, 0.25) is 5.82 Å². The first-order valence-corrected chi connectivity index (χ1v) is 5.29. The van der Waals surface area contributed by atoms with Crippen molar-refractivity contribution in [3.05, 3.63) is 39.7 Å². The van der Waals surface area contributed by atoms with Crippen LogP contribution in [0.5, 0.6) is 0 Å². The SMILES string of the molecule is Cl.N[C@H](c1ccc(F)c([N+](=O)[O-])c1)C1CCC1. The van der Waals surface area contributed by atoms with Gasteiger partial charge in [0.05, 0.1) is 4.92 Å². The zero-order valence-electron chi connectivity index (χ0n) is 9.14. The maximum absolute atomic E-state index is 13.1. The van der Waals surface area contributed by atoms with Crippen LogP contribution in [0.4, 0.5) is 10.1 Å². The molecule has 0 aromatic heterocycles. The van der Waals surface area contributed by atoms with Gasteiger partial charge >= 0.3 is 5.69 Å². The van der Waals surface area contributed by atoms with Gasteiger partial charge < -0.3 is 5.73 Å². The van der Waals surface area contributed by atoms with Gasteiger partial charge in [-0.2, -0.15) is 4.39 Å². The van der Waals surface area contributed by atoms with Gasteiger partial charge in [0.15, 0.2) is 0 Å². The van der Waals surface area contributed by atoms with Crippen molar-refractivity contribution in [3.8, 4) is 0 Å². The summed E-state index contributed by atoms with van der Waals surface area (Å²) in [5.41, 5.74) is 6.13. The van der Waals surface area contributed by atoms with Gasteiger partial charge in [-0.15, -0.1) is 12.4 Å². The van der Waals surface area contributed by atoms with Crippen molar-refractivity contribution in [2.45, 2.75) is 25.3 Å². The summed E-state index contributed by atoms with van der Waals surface area (Å²) in [6.07, 6.45) is 3.25. The number of hydrogen-bond acceptors (Lipinski definition) is 3. The number of nitro benzene ring substituents is 1. The molecule has 4 nitrogen and oxygen atoms in total. The van der Waals surface area contributed by atoms with Crippen molar-refractivity contribution in [2.24, 2.45) is 11.7 Å². The summed E-state index contributed by atoms with van der Waals surface area (Å²) >= 11 is 0. The highest BCUT2D eigenvalue weighted by Crippen LogP contribution is 2.37. The van der Waals surface area contributed by atoms with Crippen molar-refractivity contribution >= 4 is 18.1 Å². The first kappa shape index (κ1) is 13.9. The predicted octanol–water partition coefficient (Wildman–Crippen LogP) is 2.96. The van der Waals surface area contributed by atoms with Crippen LogP contribution in [0.15, 0.2) is 18.2 Å². The standard InChI is InChI=1S/C11H13FN2O2.ClH/c12-9-5-4-8(6-10(9)14(15)16)11(13)7-2-1-3-7;/h4-7,11H,1-3,13H2;1H/t11-;/m0./s1. The topological polar surface area (TPSA) is 69.2 Å². The molecule has 1 aromatic carbocycles. The van der Waals surface area contributed by atoms with Gasteiger partial charge in [-0.3, -0.25) is 10.1 Å². The number of nitrogens with two attached hydrogens (primary N) is 1.